The Labute approximate surface area is 230 Å². The molecule has 0 N–H and O–H groups in total. The summed E-state index contributed by atoms with van der Waals surface area (Å²) in [5, 5.41) is -0.0245. The average Bonchev–Trinajstić information content (AvgIpc) is 3.50. The monoisotopic (exact) mass is 575 g/mol. The van der Waals surface area contributed by atoms with Gasteiger partial charge < -0.3 is 23.7 Å². The first-order chi connectivity index (χ1) is 18.6. The van der Waals surface area contributed by atoms with E-state index in [1.807, 2.05) is 0 Å². The van der Waals surface area contributed by atoms with Gasteiger partial charge in [-0.15, -0.1) is 0 Å². The zero-order chi connectivity index (χ0) is 28.2. The second kappa shape index (κ2) is 11.8. The van der Waals surface area contributed by atoms with Crippen LogP contribution in [-0.4, -0.2) is 82.9 Å². The van der Waals surface area contributed by atoms with Gasteiger partial charge in [0.25, 0.3) is 21.8 Å². The van der Waals surface area contributed by atoms with Crippen molar-refractivity contribution in [3.63, 3.8) is 0 Å². The number of benzene rings is 2. The summed E-state index contributed by atoms with van der Waals surface area (Å²) < 4.78 is 42.9. The van der Waals surface area contributed by atoms with Crippen molar-refractivity contribution in [2.45, 2.75) is 4.90 Å². The van der Waals surface area contributed by atoms with Crippen molar-refractivity contribution in [3.8, 4) is 5.75 Å². The fourth-order valence-corrected chi connectivity index (χ4v) is 5.34. The van der Waals surface area contributed by atoms with Crippen LogP contribution in [-0.2, 0) is 19.6 Å². The summed E-state index contributed by atoms with van der Waals surface area (Å²) in [6, 6.07) is 13.3. The molecule has 1 aliphatic heterocycles. The molecule has 4 rings (SSSR count). The third kappa shape index (κ3) is 6.18. The third-order valence-electron chi connectivity index (χ3n) is 6.23. The first-order valence-corrected chi connectivity index (χ1v) is 13.6. The number of furan rings is 1. The van der Waals surface area contributed by atoms with Gasteiger partial charge in [-0.3, -0.25) is 13.9 Å². The van der Waals surface area contributed by atoms with E-state index in [4.69, 9.17) is 25.5 Å². The van der Waals surface area contributed by atoms with Crippen LogP contribution in [0, 0.1) is 0 Å². The molecule has 2 aromatic carbocycles. The van der Waals surface area contributed by atoms with Crippen LogP contribution in [0.15, 0.2) is 70.2 Å². The van der Waals surface area contributed by atoms with Crippen molar-refractivity contribution in [1.82, 2.24) is 9.80 Å². The number of carbonyl (C=O) groups is 3. The molecule has 2 amide bonds. The number of hydrogen-bond donors (Lipinski definition) is 0. The maximum atomic E-state index is 13.2. The van der Waals surface area contributed by atoms with Crippen LogP contribution in [0.2, 0.25) is 5.02 Å². The van der Waals surface area contributed by atoms with E-state index in [0.29, 0.717) is 24.5 Å². The number of halogens is 1. The highest BCUT2D eigenvalue weighted by Gasteiger charge is 2.28. The predicted octanol–water partition coefficient (Wildman–Crippen LogP) is 2.91. The summed E-state index contributed by atoms with van der Waals surface area (Å²) >= 11 is 6.16. The topological polar surface area (TPSA) is 127 Å². The molecule has 206 valence electrons. The molecule has 1 saturated heterocycles. The Morgan fingerprint density at radius 1 is 1.00 bits per heavy atom. The Hall–Kier alpha value is -4.03. The lowest BCUT2D eigenvalue weighted by Gasteiger charge is -2.34. The van der Waals surface area contributed by atoms with Crippen LogP contribution in [0.3, 0.4) is 0 Å². The number of amides is 2. The van der Waals surface area contributed by atoms with Gasteiger partial charge in [0.2, 0.25) is 0 Å². The second-order valence-electron chi connectivity index (χ2n) is 8.54. The van der Waals surface area contributed by atoms with Gasteiger partial charge in [0.1, 0.15) is 5.75 Å². The highest BCUT2D eigenvalue weighted by molar-refractivity contribution is 7.92. The Morgan fingerprint density at radius 3 is 2.28 bits per heavy atom. The Kier molecular flexibility index (Phi) is 8.46. The van der Waals surface area contributed by atoms with Crippen LogP contribution in [0.5, 0.6) is 5.75 Å². The van der Waals surface area contributed by atoms with E-state index in [-0.39, 0.29) is 40.2 Å². The number of rotatable bonds is 8. The highest BCUT2D eigenvalue weighted by atomic mass is 35.5. The highest BCUT2D eigenvalue weighted by Crippen LogP contribution is 2.27. The maximum absolute atomic E-state index is 13.2. The van der Waals surface area contributed by atoms with Crippen molar-refractivity contribution in [3.05, 3.63) is 77.2 Å². The number of hydrogen-bond acceptors (Lipinski definition) is 8. The van der Waals surface area contributed by atoms with Crippen molar-refractivity contribution in [2.75, 3.05) is 51.2 Å². The lowest BCUT2D eigenvalue weighted by molar-refractivity contribution is -0.136. The van der Waals surface area contributed by atoms with Crippen molar-refractivity contribution >= 4 is 45.1 Å². The molecule has 0 unspecified atom stereocenters. The molecule has 3 aromatic rings. The molecule has 11 nitrogen and oxygen atoms in total. The Morgan fingerprint density at radius 2 is 1.67 bits per heavy atom. The van der Waals surface area contributed by atoms with Crippen molar-refractivity contribution in [2.24, 2.45) is 0 Å². The molecule has 1 aliphatic rings. The van der Waals surface area contributed by atoms with E-state index in [0.717, 1.165) is 10.4 Å². The predicted molar refractivity (Wildman–Crippen MR) is 142 cm³/mol. The number of methoxy groups -OCH3 is 1. The summed E-state index contributed by atoms with van der Waals surface area (Å²) in [6.07, 6.45) is 1.41. The van der Waals surface area contributed by atoms with E-state index >= 15 is 0 Å². The Balaban J connectivity index is 1.37. The maximum Gasteiger partial charge on any atom is 0.340 e. The van der Waals surface area contributed by atoms with Gasteiger partial charge in [-0.2, -0.15) is 0 Å². The number of carbonyl (C=O) groups excluding carboxylic acids is 3. The molecule has 0 aliphatic carbocycles. The number of piperazine rings is 1. The zero-order valence-corrected chi connectivity index (χ0v) is 22.8. The van der Waals surface area contributed by atoms with Crippen LogP contribution in [0.25, 0.3) is 0 Å². The molecule has 0 saturated carbocycles. The molecule has 13 heteroatoms. The largest absolute Gasteiger partial charge is 0.497 e. The molecule has 0 bridgehead atoms. The van der Waals surface area contributed by atoms with Crippen LogP contribution in [0.1, 0.15) is 20.9 Å². The van der Waals surface area contributed by atoms with Crippen molar-refractivity contribution < 1.29 is 36.7 Å². The lowest BCUT2D eigenvalue weighted by atomic mass is 10.2. The van der Waals surface area contributed by atoms with Crippen LogP contribution >= 0.6 is 11.6 Å². The van der Waals surface area contributed by atoms with Gasteiger partial charge >= 0.3 is 5.97 Å². The minimum absolute atomic E-state index is 0.0245. The first kappa shape index (κ1) is 28.0. The quantitative estimate of drug-likeness (QED) is 0.375. The molecule has 1 fully saturated rings. The van der Waals surface area contributed by atoms with Gasteiger partial charge in [0, 0.05) is 33.2 Å². The van der Waals surface area contributed by atoms with E-state index in [2.05, 4.69) is 0 Å². The van der Waals surface area contributed by atoms with Gasteiger partial charge in [-0.25, -0.2) is 13.2 Å². The standard InChI is InChI=1S/C26H26ClN3O8S/c1-28(18-5-7-19(36-2)8-6-18)39(34,35)20-9-10-22(27)21(16-20)26(33)38-17-24(31)29-11-13-30(14-12-29)25(32)23-4-3-15-37-23/h3-10,15-16H,11-14,17H2,1-2H3. The van der Waals surface area contributed by atoms with E-state index in [1.54, 1.807) is 41.3 Å². The molecule has 0 atom stereocenters. The molecule has 39 heavy (non-hydrogen) atoms. The van der Waals surface area contributed by atoms with Gasteiger partial charge in [0.05, 0.1) is 34.5 Å². The fourth-order valence-electron chi connectivity index (χ4n) is 3.92. The number of esters is 1. The minimum Gasteiger partial charge on any atom is -0.497 e. The molecule has 2 heterocycles. The van der Waals surface area contributed by atoms with Crippen LogP contribution < -0.4 is 9.04 Å². The van der Waals surface area contributed by atoms with E-state index in [9.17, 15) is 22.8 Å². The minimum atomic E-state index is -4.05. The number of nitrogens with zero attached hydrogens (tertiary/aromatic N) is 3. The van der Waals surface area contributed by atoms with Crippen LogP contribution in [0.4, 0.5) is 5.69 Å². The summed E-state index contributed by atoms with van der Waals surface area (Å²) in [5.41, 5.74) is 0.189. The smallest absolute Gasteiger partial charge is 0.340 e. The second-order valence-corrected chi connectivity index (χ2v) is 10.9. The lowest BCUT2D eigenvalue weighted by Crippen LogP contribution is -2.51. The van der Waals surface area contributed by atoms with E-state index in [1.165, 1.54) is 37.5 Å². The van der Waals surface area contributed by atoms with Crippen molar-refractivity contribution in [1.29, 1.82) is 0 Å². The summed E-state index contributed by atoms with van der Waals surface area (Å²) in [5.74, 6) is -0.864. The molecule has 0 radical (unpaired) electrons. The Bertz CT molecular complexity index is 1450. The van der Waals surface area contributed by atoms with Gasteiger partial charge in [-0.05, 0) is 54.6 Å². The average molecular weight is 576 g/mol. The first-order valence-electron chi connectivity index (χ1n) is 11.8. The van der Waals surface area contributed by atoms with Gasteiger partial charge in [0.15, 0.2) is 12.4 Å². The summed E-state index contributed by atoms with van der Waals surface area (Å²) in [4.78, 5) is 40.6. The number of anilines is 1. The van der Waals surface area contributed by atoms with E-state index < -0.39 is 28.5 Å². The fraction of sp³-hybridized carbons (Fsp3) is 0.269. The summed E-state index contributed by atoms with van der Waals surface area (Å²) in [6.45, 7) is 0.549. The zero-order valence-electron chi connectivity index (χ0n) is 21.2. The normalized spacial score (nSPS) is 13.6. The van der Waals surface area contributed by atoms with Gasteiger partial charge in [-0.1, -0.05) is 11.6 Å². The molecule has 1 aromatic heterocycles. The SMILES string of the molecule is COc1ccc(N(C)S(=O)(=O)c2ccc(Cl)c(C(=O)OCC(=O)N3CCN(C(=O)c4ccco4)CC3)c2)cc1. The number of sulfonamides is 1. The summed E-state index contributed by atoms with van der Waals surface area (Å²) in [7, 11) is -1.17. The molecular formula is C26H26ClN3O8S. The third-order valence-corrected chi connectivity index (χ3v) is 8.34. The molecule has 0 spiro atoms. The number of ether oxygens (including phenoxy) is 2. The molecular weight excluding hydrogens is 550 g/mol.